The Bertz CT molecular complexity index is 1110. The number of carbonyl (C=O) groups is 1. The van der Waals surface area contributed by atoms with E-state index in [2.05, 4.69) is 4.99 Å². The first-order valence-electron chi connectivity index (χ1n) is 8.74. The molecule has 2 N–H and O–H groups in total. The van der Waals surface area contributed by atoms with Crippen LogP contribution in [0.5, 0.6) is 11.5 Å². The third-order valence-corrected chi connectivity index (χ3v) is 5.09. The van der Waals surface area contributed by atoms with Gasteiger partial charge in [0.1, 0.15) is 12.4 Å². The number of alkyl halides is 6. The zero-order chi connectivity index (χ0) is 23.7. The van der Waals surface area contributed by atoms with Crippen molar-refractivity contribution in [2.24, 2.45) is 10.7 Å². The van der Waals surface area contributed by atoms with Gasteiger partial charge in [0.25, 0.3) is 0 Å². The molecule has 170 valence electrons. The van der Waals surface area contributed by atoms with Crippen molar-refractivity contribution in [1.29, 1.82) is 0 Å². The fourth-order valence-electron chi connectivity index (χ4n) is 2.77. The standard InChI is InChI=1S/C20H14F6N2O3S/c1-30-15-6-10(7-16-17(27)28-18(29)32-16)2-5-14(15)31-9-11-3-4-12(19(21,22)23)8-13(11)20(24,25)26/h2-8H,9H2,1H3,(H2,27,28,29). The second-order valence-electron chi connectivity index (χ2n) is 6.44. The first-order chi connectivity index (χ1) is 14.9. The van der Waals surface area contributed by atoms with Gasteiger partial charge >= 0.3 is 17.6 Å². The topological polar surface area (TPSA) is 73.9 Å². The van der Waals surface area contributed by atoms with E-state index in [1.54, 1.807) is 12.1 Å². The number of methoxy groups -OCH3 is 1. The number of hydrogen-bond donors (Lipinski definition) is 1. The van der Waals surface area contributed by atoms with Gasteiger partial charge in [0.05, 0.1) is 23.1 Å². The van der Waals surface area contributed by atoms with E-state index in [9.17, 15) is 31.1 Å². The molecule has 5 nitrogen and oxygen atoms in total. The van der Waals surface area contributed by atoms with Crippen LogP contribution in [-0.2, 0) is 19.0 Å². The lowest BCUT2D eigenvalue weighted by Crippen LogP contribution is -2.14. The number of thioether (sulfide) groups is 1. The van der Waals surface area contributed by atoms with Crippen LogP contribution in [0.2, 0.25) is 0 Å². The molecule has 0 unspecified atom stereocenters. The molecule has 0 saturated heterocycles. The fraction of sp³-hybridized carbons (Fsp3) is 0.200. The zero-order valence-electron chi connectivity index (χ0n) is 16.2. The van der Waals surface area contributed by atoms with Crippen molar-refractivity contribution in [3.63, 3.8) is 0 Å². The predicted octanol–water partition coefficient (Wildman–Crippen LogP) is 5.88. The second-order valence-corrected chi connectivity index (χ2v) is 7.43. The summed E-state index contributed by atoms with van der Waals surface area (Å²) >= 11 is 0.835. The van der Waals surface area contributed by atoms with Crippen LogP contribution in [0.15, 0.2) is 46.3 Å². The van der Waals surface area contributed by atoms with E-state index < -0.39 is 40.9 Å². The summed E-state index contributed by atoms with van der Waals surface area (Å²) in [5, 5.41) is -0.460. The lowest BCUT2D eigenvalue weighted by molar-refractivity contribution is -0.143. The van der Waals surface area contributed by atoms with Crippen molar-refractivity contribution in [3.8, 4) is 11.5 Å². The first kappa shape index (κ1) is 23.5. The van der Waals surface area contributed by atoms with Gasteiger partial charge in [-0.15, -0.1) is 0 Å². The quantitative estimate of drug-likeness (QED) is 0.546. The number of rotatable bonds is 5. The highest BCUT2D eigenvalue weighted by Crippen LogP contribution is 2.38. The lowest BCUT2D eigenvalue weighted by atomic mass is 10.0. The lowest BCUT2D eigenvalue weighted by Gasteiger charge is -2.17. The molecule has 3 rings (SSSR count). The van der Waals surface area contributed by atoms with Crippen molar-refractivity contribution < 1.29 is 40.6 Å². The molecule has 0 aromatic heterocycles. The monoisotopic (exact) mass is 476 g/mol. The maximum absolute atomic E-state index is 13.3. The van der Waals surface area contributed by atoms with Gasteiger partial charge in [-0.2, -0.15) is 31.3 Å². The molecule has 32 heavy (non-hydrogen) atoms. The van der Waals surface area contributed by atoms with E-state index >= 15 is 0 Å². The summed E-state index contributed by atoms with van der Waals surface area (Å²) in [6.07, 6.45) is -8.35. The van der Waals surface area contributed by atoms with Gasteiger partial charge in [-0.05, 0) is 47.7 Å². The maximum atomic E-state index is 13.3. The van der Waals surface area contributed by atoms with Crippen LogP contribution in [0.4, 0.5) is 31.1 Å². The molecule has 0 atom stereocenters. The van der Waals surface area contributed by atoms with Crippen LogP contribution in [0, 0.1) is 0 Å². The number of benzene rings is 2. The molecule has 2 aromatic rings. The van der Waals surface area contributed by atoms with E-state index in [0.717, 1.165) is 17.8 Å². The third kappa shape index (κ3) is 5.36. The number of ether oxygens (including phenoxy) is 2. The number of amidine groups is 1. The molecule has 1 amide bonds. The molecule has 0 spiro atoms. The SMILES string of the molecule is COc1cc(C=C2SC(=O)N=C2N)ccc1OCc1ccc(C(F)(F)F)cc1C(F)(F)F. The Labute approximate surface area is 181 Å². The molecule has 0 radical (unpaired) electrons. The molecular formula is C20H14F6N2O3S. The van der Waals surface area contributed by atoms with E-state index in [1.807, 2.05) is 0 Å². The molecule has 0 fully saturated rings. The number of amides is 1. The maximum Gasteiger partial charge on any atom is 0.416 e. The summed E-state index contributed by atoms with van der Waals surface area (Å²) < 4.78 is 88.9. The molecule has 2 aromatic carbocycles. The predicted molar refractivity (Wildman–Crippen MR) is 106 cm³/mol. The first-order valence-corrected chi connectivity index (χ1v) is 9.56. The molecule has 0 saturated carbocycles. The van der Waals surface area contributed by atoms with Gasteiger partial charge in [0.15, 0.2) is 11.5 Å². The van der Waals surface area contributed by atoms with Crippen LogP contribution in [0.3, 0.4) is 0 Å². The molecule has 0 aliphatic carbocycles. The van der Waals surface area contributed by atoms with Gasteiger partial charge in [0, 0.05) is 5.56 Å². The summed E-state index contributed by atoms with van der Waals surface area (Å²) in [4.78, 5) is 15.3. The van der Waals surface area contributed by atoms with Gasteiger partial charge in [-0.25, -0.2) is 0 Å². The Morgan fingerprint density at radius 3 is 2.31 bits per heavy atom. The largest absolute Gasteiger partial charge is 0.493 e. The molecular weight excluding hydrogens is 462 g/mol. The highest BCUT2D eigenvalue weighted by atomic mass is 32.2. The van der Waals surface area contributed by atoms with Crippen LogP contribution in [0.25, 0.3) is 6.08 Å². The molecule has 12 heteroatoms. The minimum Gasteiger partial charge on any atom is -0.493 e. The van der Waals surface area contributed by atoms with Crippen LogP contribution in [0.1, 0.15) is 22.3 Å². The highest BCUT2D eigenvalue weighted by molar-refractivity contribution is 8.18. The van der Waals surface area contributed by atoms with E-state index in [1.165, 1.54) is 19.2 Å². The smallest absolute Gasteiger partial charge is 0.416 e. The molecule has 1 aliphatic heterocycles. The number of nitrogens with zero attached hydrogens (tertiary/aromatic N) is 1. The van der Waals surface area contributed by atoms with Gasteiger partial charge < -0.3 is 15.2 Å². The van der Waals surface area contributed by atoms with Gasteiger partial charge in [-0.3, -0.25) is 4.79 Å². The summed E-state index contributed by atoms with van der Waals surface area (Å²) in [5.41, 5.74) is 2.87. The number of hydrogen-bond acceptors (Lipinski definition) is 5. The number of carbonyl (C=O) groups excluding carboxylic acids is 1. The van der Waals surface area contributed by atoms with Crippen molar-refractivity contribution in [1.82, 2.24) is 0 Å². The number of nitrogens with two attached hydrogens (primary N) is 1. The van der Waals surface area contributed by atoms with Gasteiger partial charge in [0.2, 0.25) is 0 Å². The highest BCUT2D eigenvalue weighted by Gasteiger charge is 2.38. The van der Waals surface area contributed by atoms with E-state index in [-0.39, 0.29) is 23.4 Å². The summed E-state index contributed by atoms with van der Waals surface area (Å²) in [6, 6.07) is 5.80. The minimum absolute atomic E-state index is 0.0533. The Morgan fingerprint density at radius 2 is 1.75 bits per heavy atom. The third-order valence-electron chi connectivity index (χ3n) is 4.27. The fourth-order valence-corrected chi connectivity index (χ4v) is 3.45. The Kier molecular flexibility index (Phi) is 6.44. The Hall–Kier alpha value is -3.15. The number of halogens is 6. The van der Waals surface area contributed by atoms with Crippen LogP contribution < -0.4 is 15.2 Å². The summed E-state index contributed by atoms with van der Waals surface area (Å²) in [5.74, 6) is 0.283. The molecule has 1 aliphatic rings. The average Bonchev–Trinajstić information content (AvgIpc) is 3.01. The molecule has 1 heterocycles. The van der Waals surface area contributed by atoms with E-state index in [4.69, 9.17) is 15.2 Å². The summed E-state index contributed by atoms with van der Waals surface area (Å²) in [6.45, 7) is -0.645. The minimum atomic E-state index is -5.00. The Balaban J connectivity index is 1.85. The Morgan fingerprint density at radius 1 is 1.03 bits per heavy atom. The van der Waals surface area contributed by atoms with Crippen molar-refractivity contribution in [3.05, 3.63) is 63.6 Å². The van der Waals surface area contributed by atoms with Crippen molar-refractivity contribution in [2.75, 3.05) is 7.11 Å². The van der Waals surface area contributed by atoms with Crippen LogP contribution >= 0.6 is 11.8 Å². The second kappa shape index (κ2) is 8.77. The zero-order valence-corrected chi connectivity index (χ0v) is 17.0. The van der Waals surface area contributed by atoms with E-state index in [0.29, 0.717) is 16.5 Å². The van der Waals surface area contributed by atoms with Crippen LogP contribution in [-0.4, -0.2) is 18.2 Å². The normalized spacial score (nSPS) is 15.8. The van der Waals surface area contributed by atoms with Crippen molar-refractivity contribution in [2.45, 2.75) is 19.0 Å². The molecule has 0 bridgehead atoms. The number of aliphatic imine (C=N–C) groups is 1. The van der Waals surface area contributed by atoms with Crippen molar-refractivity contribution >= 4 is 28.9 Å². The van der Waals surface area contributed by atoms with Gasteiger partial charge in [-0.1, -0.05) is 12.1 Å². The summed E-state index contributed by atoms with van der Waals surface area (Å²) in [7, 11) is 1.31. The average molecular weight is 476 g/mol.